The van der Waals surface area contributed by atoms with Crippen LogP contribution < -0.4 is 0 Å². The summed E-state index contributed by atoms with van der Waals surface area (Å²) in [6.07, 6.45) is 2.35. The molecule has 0 saturated heterocycles. The third-order valence-electron chi connectivity index (χ3n) is 1.97. The molecule has 0 fully saturated rings. The first-order valence-electron chi connectivity index (χ1n) is 5.37. The molecule has 0 amide bonds. The molecular formula is C11H14O8S2. The van der Waals surface area contributed by atoms with Crippen molar-refractivity contribution in [2.75, 3.05) is 0 Å². The average molecular weight is 338 g/mol. The number of carboxylic acids is 1. The van der Waals surface area contributed by atoms with Gasteiger partial charge in [-0.15, -0.1) is 6.58 Å². The van der Waals surface area contributed by atoms with E-state index < -0.39 is 36.0 Å². The van der Waals surface area contributed by atoms with E-state index in [1.807, 2.05) is 0 Å². The smallest absolute Gasteiger partial charge is 0.303 e. The Morgan fingerprint density at radius 2 is 1.43 bits per heavy atom. The van der Waals surface area contributed by atoms with E-state index in [2.05, 4.69) is 6.58 Å². The lowest BCUT2D eigenvalue weighted by atomic mass is 10.3. The summed E-state index contributed by atoms with van der Waals surface area (Å²) in [5.74, 6) is -0.764. The highest BCUT2D eigenvalue weighted by atomic mass is 32.2. The van der Waals surface area contributed by atoms with Crippen molar-refractivity contribution in [3.05, 3.63) is 36.9 Å². The molecule has 0 bridgehead atoms. The maximum Gasteiger partial charge on any atom is 0.303 e. The van der Waals surface area contributed by atoms with Crippen LogP contribution >= 0.6 is 0 Å². The number of hydrogen-bond donors (Lipinski definition) is 3. The van der Waals surface area contributed by atoms with Crippen LogP contribution in [-0.2, 0) is 25.0 Å². The number of allylic oxidation sites excluding steroid dienone is 1. The van der Waals surface area contributed by atoms with E-state index in [9.17, 15) is 21.6 Å². The monoisotopic (exact) mass is 338 g/mol. The normalized spacial score (nSPS) is 11.1. The van der Waals surface area contributed by atoms with E-state index in [4.69, 9.17) is 14.2 Å². The van der Waals surface area contributed by atoms with Gasteiger partial charge in [0, 0.05) is 6.42 Å². The van der Waals surface area contributed by atoms with Gasteiger partial charge < -0.3 is 5.11 Å². The lowest BCUT2D eigenvalue weighted by Crippen LogP contribution is -2.07. The maximum atomic E-state index is 10.7. The zero-order chi connectivity index (χ0) is 16.7. The summed E-state index contributed by atoms with van der Waals surface area (Å²) in [4.78, 5) is 8.02. The molecule has 0 aliphatic carbocycles. The number of carbonyl (C=O) groups is 1. The summed E-state index contributed by atoms with van der Waals surface area (Å²) in [5, 5.41) is 8.00. The van der Waals surface area contributed by atoms with Gasteiger partial charge >= 0.3 is 5.97 Å². The molecule has 0 aliphatic heterocycles. The fourth-order valence-corrected chi connectivity index (χ4v) is 2.88. The van der Waals surface area contributed by atoms with E-state index in [0.717, 1.165) is 12.1 Å². The fourth-order valence-electron chi connectivity index (χ4n) is 1.10. The van der Waals surface area contributed by atoms with Gasteiger partial charge in [-0.3, -0.25) is 13.9 Å². The van der Waals surface area contributed by atoms with Crippen molar-refractivity contribution in [1.82, 2.24) is 0 Å². The summed E-state index contributed by atoms with van der Waals surface area (Å²) in [6.45, 7) is 3.37. The second-order valence-electron chi connectivity index (χ2n) is 3.62. The van der Waals surface area contributed by atoms with Crippen LogP contribution in [0.2, 0.25) is 0 Å². The average Bonchev–Trinajstić information content (AvgIpc) is 2.35. The molecule has 1 rings (SSSR count). The molecule has 0 radical (unpaired) electrons. The molecule has 0 aromatic heterocycles. The fraction of sp³-hybridized carbons (Fsp3) is 0.182. The van der Waals surface area contributed by atoms with Gasteiger partial charge in [0.1, 0.15) is 9.79 Å². The van der Waals surface area contributed by atoms with Gasteiger partial charge in [0.2, 0.25) is 0 Å². The van der Waals surface area contributed by atoms with Crippen LogP contribution in [0.15, 0.2) is 46.7 Å². The minimum absolute atomic E-state index is 0.198. The third-order valence-corrected chi connectivity index (χ3v) is 3.92. The quantitative estimate of drug-likeness (QED) is 0.536. The summed E-state index contributed by atoms with van der Waals surface area (Å²) in [7, 11) is -9.31. The van der Waals surface area contributed by atoms with Crippen molar-refractivity contribution in [2.45, 2.75) is 22.6 Å². The third kappa shape index (κ3) is 7.56. The van der Waals surface area contributed by atoms with E-state index in [1.165, 1.54) is 12.1 Å². The van der Waals surface area contributed by atoms with Gasteiger partial charge in [-0.25, -0.2) is 0 Å². The number of hydrogen-bond acceptors (Lipinski definition) is 5. The lowest BCUT2D eigenvalue weighted by Gasteiger charge is -2.02. The van der Waals surface area contributed by atoms with Crippen molar-refractivity contribution >= 4 is 26.2 Å². The molecule has 0 saturated carbocycles. The van der Waals surface area contributed by atoms with E-state index in [1.54, 1.807) is 6.08 Å². The number of rotatable bonds is 5. The minimum atomic E-state index is -4.66. The molecule has 21 heavy (non-hydrogen) atoms. The van der Waals surface area contributed by atoms with Gasteiger partial charge in [0.05, 0.1) is 0 Å². The van der Waals surface area contributed by atoms with E-state index >= 15 is 0 Å². The van der Waals surface area contributed by atoms with Crippen LogP contribution in [0.5, 0.6) is 0 Å². The predicted octanol–water partition coefficient (Wildman–Crippen LogP) is 1.22. The molecule has 8 nitrogen and oxygen atoms in total. The standard InChI is InChI=1S/C6H6O6S2.C5H8O2/c7-13(8,9)5-3-1-2-4-6(5)14(10,11)12;1-2-3-4-5(6)7/h1-4H,(H,7,8,9)(H,10,11,12);2H,1,3-4H2,(H,6,7). The Kier molecular flexibility index (Phi) is 7.22. The molecule has 3 N–H and O–H groups in total. The van der Waals surface area contributed by atoms with Gasteiger partial charge in [-0.1, -0.05) is 18.2 Å². The second-order valence-corrected chi connectivity index (χ2v) is 6.40. The van der Waals surface area contributed by atoms with Gasteiger partial charge in [0.15, 0.2) is 0 Å². The Balaban J connectivity index is 0.000000486. The largest absolute Gasteiger partial charge is 0.481 e. The van der Waals surface area contributed by atoms with Crippen LogP contribution in [-0.4, -0.2) is 37.0 Å². The lowest BCUT2D eigenvalue weighted by molar-refractivity contribution is -0.136. The topological polar surface area (TPSA) is 146 Å². The first-order valence-corrected chi connectivity index (χ1v) is 8.25. The Hall–Kier alpha value is -1.75. The highest BCUT2D eigenvalue weighted by Crippen LogP contribution is 2.19. The Bertz CT molecular complexity index is 652. The van der Waals surface area contributed by atoms with Crippen molar-refractivity contribution in [2.24, 2.45) is 0 Å². The van der Waals surface area contributed by atoms with Gasteiger partial charge in [-0.2, -0.15) is 16.8 Å². The second kappa shape index (κ2) is 7.88. The maximum absolute atomic E-state index is 10.7. The van der Waals surface area contributed by atoms with Gasteiger partial charge in [-0.05, 0) is 18.6 Å². The Morgan fingerprint density at radius 3 is 1.62 bits per heavy atom. The zero-order valence-corrected chi connectivity index (χ0v) is 12.3. The predicted molar refractivity (Wildman–Crippen MR) is 73.1 cm³/mol. The highest BCUT2D eigenvalue weighted by Gasteiger charge is 2.22. The molecule has 118 valence electrons. The molecule has 0 aliphatic rings. The molecule has 10 heteroatoms. The molecule has 0 unspecified atom stereocenters. The van der Waals surface area contributed by atoms with Crippen molar-refractivity contribution in [3.63, 3.8) is 0 Å². The van der Waals surface area contributed by atoms with Crippen LogP contribution in [0.4, 0.5) is 0 Å². The molecule has 1 aromatic carbocycles. The van der Waals surface area contributed by atoms with Crippen molar-refractivity contribution in [3.8, 4) is 0 Å². The zero-order valence-electron chi connectivity index (χ0n) is 10.7. The number of aliphatic carboxylic acids is 1. The van der Waals surface area contributed by atoms with E-state index in [-0.39, 0.29) is 6.42 Å². The van der Waals surface area contributed by atoms with Crippen LogP contribution in [0.25, 0.3) is 0 Å². The Morgan fingerprint density at radius 1 is 1.05 bits per heavy atom. The molecular weight excluding hydrogens is 324 g/mol. The van der Waals surface area contributed by atoms with Crippen LogP contribution in [0.3, 0.4) is 0 Å². The molecule has 1 aromatic rings. The first-order chi connectivity index (χ1) is 9.50. The summed E-state index contributed by atoms with van der Waals surface area (Å²) < 4.78 is 60.0. The Labute approximate surface area is 122 Å². The summed E-state index contributed by atoms with van der Waals surface area (Å²) in [5.41, 5.74) is 0. The van der Waals surface area contributed by atoms with Gasteiger partial charge in [0.25, 0.3) is 20.2 Å². The number of carboxylic acid groups (broad SMARTS) is 1. The van der Waals surface area contributed by atoms with Crippen molar-refractivity contribution in [1.29, 1.82) is 0 Å². The SMILES string of the molecule is C=CCCC(=O)O.O=S(=O)(O)c1ccccc1S(=O)(=O)O. The molecule has 0 heterocycles. The van der Waals surface area contributed by atoms with Crippen LogP contribution in [0.1, 0.15) is 12.8 Å². The highest BCUT2D eigenvalue weighted by molar-refractivity contribution is 7.89. The first kappa shape index (κ1) is 19.2. The van der Waals surface area contributed by atoms with E-state index in [0.29, 0.717) is 6.42 Å². The van der Waals surface area contributed by atoms with Crippen LogP contribution in [0, 0.1) is 0 Å². The number of benzene rings is 1. The molecule has 0 atom stereocenters. The van der Waals surface area contributed by atoms with Crippen molar-refractivity contribution < 1.29 is 35.8 Å². The summed E-state index contributed by atoms with van der Waals surface area (Å²) in [6, 6.07) is 4.19. The molecule has 0 spiro atoms. The summed E-state index contributed by atoms with van der Waals surface area (Å²) >= 11 is 0. The minimum Gasteiger partial charge on any atom is -0.481 e.